The van der Waals surface area contributed by atoms with Gasteiger partial charge in [-0.3, -0.25) is 14.6 Å². The summed E-state index contributed by atoms with van der Waals surface area (Å²) in [4.78, 5) is 26.0. The fourth-order valence-electron chi connectivity index (χ4n) is 1.58. The van der Waals surface area contributed by atoms with Gasteiger partial charge >= 0.3 is 5.97 Å². The summed E-state index contributed by atoms with van der Waals surface area (Å²) < 4.78 is 0. The maximum absolute atomic E-state index is 11.5. The van der Waals surface area contributed by atoms with E-state index in [1.165, 1.54) is 0 Å². The van der Waals surface area contributed by atoms with Gasteiger partial charge in [0, 0.05) is 18.9 Å². The topological polar surface area (TPSA) is 79.3 Å². The second-order valence-corrected chi connectivity index (χ2v) is 3.87. The number of amides is 1. The predicted octanol–water partition coefficient (Wildman–Crippen LogP) is 0.418. The van der Waals surface area contributed by atoms with Crippen LogP contribution < -0.4 is 5.32 Å². The summed E-state index contributed by atoms with van der Waals surface area (Å²) >= 11 is 0. The van der Waals surface area contributed by atoms with E-state index in [2.05, 4.69) is 10.3 Å². The van der Waals surface area contributed by atoms with E-state index in [0.717, 1.165) is 5.56 Å². The fraction of sp³-hybridized carbons (Fsp3) is 0.364. The van der Waals surface area contributed by atoms with E-state index in [0.29, 0.717) is 13.0 Å². The number of nitrogens with zero attached hydrogens (tertiary/aromatic N) is 1. The molecule has 0 aromatic carbocycles. The van der Waals surface area contributed by atoms with Gasteiger partial charge in [-0.25, -0.2) is 0 Å². The standard InChI is InChI=1S/C11H12N2O3/c14-10(8-4-9(8)11(15)16)13-6-7-2-1-3-12-5-7/h1-3,5,8-9H,4,6H2,(H,13,14)(H,15,16)/t8-,9+/m0/s1. The summed E-state index contributed by atoms with van der Waals surface area (Å²) in [6, 6.07) is 3.65. The van der Waals surface area contributed by atoms with Crippen molar-refractivity contribution < 1.29 is 14.7 Å². The molecule has 1 heterocycles. The van der Waals surface area contributed by atoms with Crippen molar-refractivity contribution in [1.29, 1.82) is 0 Å². The number of rotatable bonds is 4. The zero-order valence-corrected chi connectivity index (χ0v) is 8.59. The summed E-state index contributed by atoms with van der Waals surface area (Å²) in [5.41, 5.74) is 0.906. The molecular weight excluding hydrogens is 208 g/mol. The van der Waals surface area contributed by atoms with Gasteiger partial charge in [-0.15, -0.1) is 0 Å². The van der Waals surface area contributed by atoms with Gasteiger partial charge in [0.2, 0.25) is 5.91 Å². The second-order valence-electron chi connectivity index (χ2n) is 3.87. The number of hydrogen-bond acceptors (Lipinski definition) is 3. The molecule has 1 saturated carbocycles. The highest BCUT2D eigenvalue weighted by Crippen LogP contribution is 2.38. The molecule has 0 spiro atoms. The Bertz CT molecular complexity index is 405. The van der Waals surface area contributed by atoms with Crippen LogP contribution >= 0.6 is 0 Å². The monoisotopic (exact) mass is 220 g/mol. The zero-order valence-electron chi connectivity index (χ0n) is 8.59. The lowest BCUT2D eigenvalue weighted by Gasteiger charge is -2.03. The summed E-state index contributed by atoms with van der Waals surface area (Å²) in [5, 5.41) is 11.4. The van der Waals surface area contributed by atoms with Crippen molar-refractivity contribution >= 4 is 11.9 Å². The van der Waals surface area contributed by atoms with Crippen molar-refractivity contribution in [1.82, 2.24) is 10.3 Å². The van der Waals surface area contributed by atoms with Crippen LogP contribution in [-0.4, -0.2) is 22.0 Å². The van der Waals surface area contributed by atoms with Gasteiger partial charge in [0.1, 0.15) is 0 Å². The molecule has 0 bridgehead atoms. The van der Waals surface area contributed by atoms with Crippen molar-refractivity contribution in [2.24, 2.45) is 11.8 Å². The van der Waals surface area contributed by atoms with Crippen LogP contribution in [0.1, 0.15) is 12.0 Å². The molecule has 0 unspecified atom stereocenters. The molecule has 2 atom stereocenters. The van der Waals surface area contributed by atoms with Gasteiger partial charge in [0.05, 0.1) is 11.8 Å². The Morgan fingerprint density at radius 3 is 2.88 bits per heavy atom. The summed E-state index contributed by atoms with van der Waals surface area (Å²) in [6.45, 7) is 0.398. The molecule has 5 heteroatoms. The normalized spacial score (nSPS) is 22.5. The first-order valence-corrected chi connectivity index (χ1v) is 5.08. The van der Waals surface area contributed by atoms with E-state index in [4.69, 9.17) is 5.11 Å². The highest BCUT2D eigenvalue weighted by Gasteiger charge is 2.48. The molecule has 84 valence electrons. The molecular formula is C11H12N2O3. The van der Waals surface area contributed by atoms with Gasteiger partial charge in [-0.2, -0.15) is 0 Å². The van der Waals surface area contributed by atoms with E-state index in [9.17, 15) is 9.59 Å². The Morgan fingerprint density at radius 2 is 2.31 bits per heavy atom. The zero-order chi connectivity index (χ0) is 11.5. The number of pyridine rings is 1. The second kappa shape index (κ2) is 4.30. The minimum Gasteiger partial charge on any atom is -0.481 e. The van der Waals surface area contributed by atoms with Gasteiger partial charge in [0.15, 0.2) is 0 Å². The SMILES string of the molecule is O=C(NCc1cccnc1)[C@H]1C[C@H]1C(=O)O. The minimum absolute atomic E-state index is 0.184. The number of aromatic nitrogens is 1. The van der Waals surface area contributed by atoms with Crippen molar-refractivity contribution in [2.75, 3.05) is 0 Å². The van der Waals surface area contributed by atoms with Crippen LogP contribution in [0.15, 0.2) is 24.5 Å². The van der Waals surface area contributed by atoms with Crippen molar-refractivity contribution in [3.8, 4) is 0 Å². The number of hydrogen-bond donors (Lipinski definition) is 2. The van der Waals surface area contributed by atoms with Gasteiger partial charge in [-0.1, -0.05) is 6.07 Å². The first-order valence-electron chi connectivity index (χ1n) is 5.08. The van der Waals surface area contributed by atoms with Crippen LogP contribution in [0, 0.1) is 11.8 Å². The maximum atomic E-state index is 11.5. The van der Waals surface area contributed by atoms with Crippen LogP contribution in [0.25, 0.3) is 0 Å². The number of carbonyl (C=O) groups is 2. The Balaban J connectivity index is 1.80. The van der Waals surface area contributed by atoms with E-state index in [1.54, 1.807) is 18.5 Å². The van der Waals surface area contributed by atoms with E-state index >= 15 is 0 Å². The van der Waals surface area contributed by atoms with E-state index in [-0.39, 0.29) is 11.8 Å². The molecule has 1 aromatic rings. The lowest BCUT2D eigenvalue weighted by Crippen LogP contribution is -2.25. The van der Waals surface area contributed by atoms with Crippen LogP contribution in [0.5, 0.6) is 0 Å². The molecule has 1 aliphatic carbocycles. The number of carboxylic acids is 1. The number of carbonyl (C=O) groups excluding carboxylic acids is 1. The Morgan fingerprint density at radius 1 is 1.50 bits per heavy atom. The van der Waals surface area contributed by atoms with Gasteiger partial charge in [-0.05, 0) is 18.1 Å². The highest BCUT2D eigenvalue weighted by molar-refractivity contribution is 5.89. The van der Waals surface area contributed by atoms with Crippen LogP contribution in [-0.2, 0) is 16.1 Å². The smallest absolute Gasteiger partial charge is 0.307 e. The molecule has 0 aliphatic heterocycles. The summed E-state index contributed by atoms with van der Waals surface area (Å²) in [7, 11) is 0. The Hall–Kier alpha value is -1.91. The molecule has 1 amide bonds. The van der Waals surface area contributed by atoms with Crippen LogP contribution in [0.2, 0.25) is 0 Å². The van der Waals surface area contributed by atoms with Crippen molar-refractivity contribution in [3.05, 3.63) is 30.1 Å². The molecule has 1 aliphatic rings. The minimum atomic E-state index is -0.887. The Labute approximate surface area is 92.5 Å². The molecule has 1 fully saturated rings. The molecule has 16 heavy (non-hydrogen) atoms. The lowest BCUT2D eigenvalue weighted by molar-refractivity contribution is -0.140. The van der Waals surface area contributed by atoms with Gasteiger partial charge < -0.3 is 10.4 Å². The number of carboxylic acid groups (broad SMARTS) is 1. The van der Waals surface area contributed by atoms with Gasteiger partial charge in [0.25, 0.3) is 0 Å². The third-order valence-corrected chi connectivity index (χ3v) is 2.63. The number of aliphatic carboxylic acids is 1. The molecule has 1 aromatic heterocycles. The first-order chi connectivity index (χ1) is 7.68. The van der Waals surface area contributed by atoms with Crippen LogP contribution in [0.4, 0.5) is 0 Å². The first kappa shape index (κ1) is 10.6. The van der Waals surface area contributed by atoms with Crippen molar-refractivity contribution in [2.45, 2.75) is 13.0 Å². The summed E-state index contributed by atoms with van der Waals surface area (Å²) in [5.74, 6) is -1.92. The molecule has 2 N–H and O–H groups in total. The molecule has 0 radical (unpaired) electrons. The summed E-state index contributed by atoms with van der Waals surface area (Å²) in [6.07, 6.45) is 3.78. The third kappa shape index (κ3) is 2.36. The highest BCUT2D eigenvalue weighted by atomic mass is 16.4. The van der Waals surface area contributed by atoms with Crippen LogP contribution in [0.3, 0.4) is 0 Å². The average molecular weight is 220 g/mol. The molecule has 0 saturated heterocycles. The lowest BCUT2D eigenvalue weighted by atomic mass is 10.2. The fourth-order valence-corrected chi connectivity index (χ4v) is 1.58. The average Bonchev–Trinajstić information content (AvgIpc) is 3.07. The van der Waals surface area contributed by atoms with E-state index in [1.807, 2.05) is 6.07 Å². The molecule has 2 rings (SSSR count). The molecule has 5 nitrogen and oxygen atoms in total. The number of nitrogens with one attached hydrogen (secondary N) is 1. The van der Waals surface area contributed by atoms with E-state index < -0.39 is 11.9 Å². The third-order valence-electron chi connectivity index (χ3n) is 2.63. The quantitative estimate of drug-likeness (QED) is 0.770. The predicted molar refractivity (Wildman–Crippen MR) is 55.3 cm³/mol. The Kier molecular flexibility index (Phi) is 2.85. The largest absolute Gasteiger partial charge is 0.481 e. The maximum Gasteiger partial charge on any atom is 0.307 e. The van der Waals surface area contributed by atoms with Crippen molar-refractivity contribution in [3.63, 3.8) is 0 Å².